The predicted molar refractivity (Wildman–Crippen MR) is 50.8 cm³/mol. The molecule has 0 saturated carbocycles. The molecule has 2 heterocycles. The average molecular weight is 225 g/mol. The largest absolute Gasteiger partial charge is 0.364 e. The van der Waals surface area contributed by atoms with Gasteiger partial charge in [0.05, 0.1) is 5.56 Å². The lowest BCUT2D eigenvalue weighted by molar-refractivity contribution is -0.172. The van der Waals surface area contributed by atoms with E-state index in [1.54, 1.807) is 16.8 Å². The van der Waals surface area contributed by atoms with Crippen LogP contribution in [0.1, 0.15) is 23.2 Å². The van der Waals surface area contributed by atoms with E-state index in [-0.39, 0.29) is 12.8 Å². The Balaban J connectivity index is 2.06. The number of amides is 2. The van der Waals surface area contributed by atoms with Crippen molar-refractivity contribution < 1.29 is 19.2 Å². The van der Waals surface area contributed by atoms with Crippen LogP contribution in [0.25, 0.3) is 0 Å². The maximum absolute atomic E-state index is 11.4. The molecule has 1 aromatic heterocycles. The van der Waals surface area contributed by atoms with Crippen LogP contribution in [0.4, 0.5) is 0 Å². The molecule has 2 rings (SSSR count). The minimum Gasteiger partial charge on any atom is -0.325 e. The molecule has 2 amide bonds. The minimum atomic E-state index is -0.681. The van der Waals surface area contributed by atoms with Gasteiger partial charge >= 0.3 is 5.97 Å². The second kappa shape index (κ2) is 3.82. The molecule has 0 N–H and O–H groups in total. The lowest BCUT2D eigenvalue weighted by Gasteiger charge is -2.11. The molecule has 6 heteroatoms. The molecule has 0 aromatic carbocycles. The van der Waals surface area contributed by atoms with Crippen molar-refractivity contribution in [2.45, 2.75) is 12.8 Å². The number of rotatable bonds is 2. The second-order valence-corrected chi connectivity index (χ2v) is 3.75. The summed E-state index contributed by atoms with van der Waals surface area (Å²) in [4.78, 5) is 38.3. The van der Waals surface area contributed by atoms with Gasteiger partial charge in [0.2, 0.25) is 0 Å². The Morgan fingerprint density at radius 3 is 2.53 bits per heavy atom. The molecule has 1 aliphatic rings. The highest BCUT2D eigenvalue weighted by atomic mass is 32.1. The molecule has 0 bridgehead atoms. The number of hydrogen-bond donors (Lipinski definition) is 0. The van der Waals surface area contributed by atoms with E-state index in [1.807, 2.05) is 0 Å². The van der Waals surface area contributed by atoms with Gasteiger partial charge < -0.3 is 4.84 Å². The van der Waals surface area contributed by atoms with Crippen LogP contribution in [0.5, 0.6) is 0 Å². The molecule has 0 unspecified atom stereocenters. The Hall–Kier alpha value is -1.69. The third kappa shape index (κ3) is 1.89. The molecule has 1 aliphatic heterocycles. The van der Waals surface area contributed by atoms with Crippen molar-refractivity contribution in [3.05, 3.63) is 22.4 Å². The quantitative estimate of drug-likeness (QED) is 0.703. The van der Waals surface area contributed by atoms with Gasteiger partial charge in [-0.25, -0.2) is 4.79 Å². The van der Waals surface area contributed by atoms with Crippen LogP contribution in [0, 0.1) is 0 Å². The number of hydrogen-bond acceptors (Lipinski definition) is 5. The molecule has 0 radical (unpaired) electrons. The predicted octanol–water partition coefficient (Wildman–Crippen LogP) is 0.969. The van der Waals surface area contributed by atoms with Gasteiger partial charge in [-0.3, -0.25) is 9.59 Å². The molecular formula is C9H7NO4S. The van der Waals surface area contributed by atoms with E-state index in [0.717, 1.165) is 0 Å². The first-order valence-electron chi connectivity index (χ1n) is 4.29. The van der Waals surface area contributed by atoms with E-state index in [1.165, 1.54) is 11.3 Å². The fourth-order valence-electron chi connectivity index (χ4n) is 1.17. The Labute approximate surface area is 89.2 Å². The van der Waals surface area contributed by atoms with Crippen LogP contribution in [-0.2, 0) is 14.4 Å². The Kier molecular flexibility index (Phi) is 2.51. The number of imide groups is 1. The van der Waals surface area contributed by atoms with Crippen molar-refractivity contribution in [1.29, 1.82) is 0 Å². The third-order valence-electron chi connectivity index (χ3n) is 1.94. The maximum atomic E-state index is 11.4. The van der Waals surface area contributed by atoms with Crippen molar-refractivity contribution in [3.8, 4) is 0 Å². The van der Waals surface area contributed by atoms with E-state index in [0.29, 0.717) is 10.6 Å². The van der Waals surface area contributed by atoms with Crippen molar-refractivity contribution >= 4 is 29.1 Å². The highest BCUT2D eigenvalue weighted by Crippen LogP contribution is 2.15. The van der Waals surface area contributed by atoms with E-state index < -0.39 is 17.8 Å². The Morgan fingerprint density at radius 2 is 2.00 bits per heavy atom. The normalized spacial score (nSPS) is 15.9. The van der Waals surface area contributed by atoms with Gasteiger partial charge in [-0.05, 0) is 11.4 Å². The number of carbonyl (C=O) groups is 3. The second-order valence-electron chi connectivity index (χ2n) is 2.97. The van der Waals surface area contributed by atoms with Crippen molar-refractivity contribution in [1.82, 2.24) is 5.06 Å². The average Bonchev–Trinajstić information content (AvgIpc) is 2.82. The summed E-state index contributed by atoms with van der Waals surface area (Å²) in [5.74, 6) is -1.62. The molecule has 1 saturated heterocycles. The SMILES string of the molecule is O=C(ON1C(=O)CCC1=O)c1ccsc1. The van der Waals surface area contributed by atoms with Gasteiger partial charge in [-0.2, -0.15) is 11.3 Å². The van der Waals surface area contributed by atoms with E-state index in [9.17, 15) is 14.4 Å². The van der Waals surface area contributed by atoms with Crippen molar-refractivity contribution in [2.24, 2.45) is 0 Å². The van der Waals surface area contributed by atoms with Gasteiger partial charge in [-0.1, -0.05) is 0 Å². The summed E-state index contributed by atoms with van der Waals surface area (Å²) in [6.45, 7) is 0. The lowest BCUT2D eigenvalue weighted by Crippen LogP contribution is -2.31. The molecule has 1 fully saturated rings. The first-order valence-corrected chi connectivity index (χ1v) is 5.23. The summed E-state index contributed by atoms with van der Waals surface area (Å²) < 4.78 is 0. The van der Waals surface area contributed by atoms with Gasteiger partial charge in [0.25, 0.3) is 11.8 Å². The van der Waals surface area contributed by atoms with Crippen LogP contribution < -0.4 is 0 Å². The van der Waals surface area contributed by atoms with E-state index >= 15 is 0 Å². The molecule has 1 aromatic rings. The molecule has 0 aliphatic carbocycles. The summed E-state index contributed by atoms with van der Waals surface area (Å²) in [7, 11) is 0. The van der Waals surface area contributed by atoms with Crippen LogP contribution >= 0.6 is 11.3 Å². The van der Waals surface area contributed by atoms with Crippen molar-refractivity contribution in [2.75, 3.05) is 0 Å². The van der Waals surface area contributed by atoms with Gasteiger partial charge in [0, 0.05) is 18.2 Å². The zero-order valence-corrected chi connectivity index (χ0v) is 8.45. The van der Waals surface area contributed by atoms with Crippen molar-refractivity contribution in [3.63, 3.8) is 0 Å². The summed E-state index contributed by atoms with van der Waals surface area (Å²) in [5.41, 5.74) is 0.340. The van der Waals surface area contributed by atoms with Gasteiger partial charge in [-0.15, -0.1) is 5.06 Å². The Morgan fingerprint density at radius 1 is 1.33 bits per heavy atom. The van der Waals surface area contributed by atoms with Crippen LogP contribution in [0.2, 0.25) is 0 Å². The third-order valence-corrected chi connectivity index (χ3v) is 2.62. The van der Waals surface area contributed by atoms with Crippen LogP contribution in [0.15, 0.2) is 16.8 Å². The Bertz CT molecular complexity index is 396. The highest BCUT2D eigenvalue weighted by Gasteiger charge is 2.33. The summed E-state index contributed by atoms with van der Waals surface area (Å²) in [6, 6.07) is 1.57. The first-order chi connectivity index (χ1) is 7.18. The zero-order chi connectivity index (χ0) is 10.8. The van der Waals surface area contributed by atoms with Crippen LogP contribution in [0.3, 0.4) is 0 Å². The number of nitrogens with zero attached hydrogens (tertiary/aromatic N) is 1. The fraction of sp³-hybridized carbons (Fsp3) is 0.222. The number of carbonyl (C=O) groups excluding carboxylic acids is 3. The zero-order valence-electron chi connectivity index (χ0n) is 7.63. The topological polar surface area (TPSA) is 63.7 Å². The molecule has 5 nitrogen and oxygen atoms in total. The standard InChI is InChI=1S/C9H7NO4S/c11-7-1-2-8(12)10(7)14-9(13)6-3-4-15-5-6/h3-5H,1-2H2. The van der Waals surface area contributed by atoms with Gasteiger partial charge in [0.15, 0.2) is 0 Å². The first kappa shape index (κ1) is 9.85. The van der Waals surface area contributed by atoms with E-state index in [4.69, 9.17) is 0 Å². The summed E-state index contributed by atoms with van der Waals surface area (Å²) >= 11 is 1.34. The molecule has 0 spiro atoms. The van der Waals surface area contributed by atoms with Gasteiger partial charge in [0.1, 0.15) is 0 Å². The maximum Gasteiger partial charge on any atom is 0.364 e. The minimum absolute atomic E-state index is 0.107. The molecule has 15 heavy (non-hydrogen) atoms. The molecule has 0 atom stereocenters. The lowest BCUT2D eigenvalue weighted by atomic mass is 10.4. The molecule has 78 valence electrons. The summed E-state index contributed by atoms with van der Waals surface area (Å²) in [6.07, 6.45) is 0.214. The number of hydroxylamine groups is 2. The monoisotopic (exact) mass is 225 g/mol. The summed E-state index contributed by atoms with van der Waals surface area (Å²) in [5, 5.41) is 3.84. The highest BCUT2D eigenvalue weighted by molar-refractivity contribution is 7.08. The molecular weight excluding hydrogens is 218 g/mol. The van der Waals surface area contributed by atoms with E-state index in [2.05, 4.69) is 4.84 Å². The smallest absolute Gasteiger partial charge is 0.325 e. The number of thiophene rings is 1. The fourth-order valence-corrected chi connectivity index (χ4v) is 1.80. The van der Waals surface area contributed by atoms with Crippen LogP contribution in [-0.4, -0.2) is 22.8 Å².